The van der Waals surface area contributed by atoms with Crippen molar-refractivity contribution in [3.8, 4) is 11.5 Å². The molecule has 4 rings (SSSR count). The molecule has 0 amide bonds. The first-order valence-electron chi connectivity index (χ1n) is 8.46. The minimum Gasteiger partial charge on any atom is -0.490 e. The van der Waals surface area contributed by atoms with Crippen LogP contribution in [0.2, 0.25) is 5.02 Å². The SMILES string of the molecule is O=C(CC1=NCCc2cc3c(cc21)OCCCO3)c1ccc(Cl)cc1. The molecule has 0 spiro atoms. The van der Waals surface area contributed by atoms with E-state index in [1.807, 2.05) is 12.1 Å². The average Bonchev–Trinajstić information content (AvgIpc) is 2.85. The molecule has 0 aliphatic carbocycles. The van der Waals surface area contributed by atoms with Gasteiger partial charge in [-0.15, -0.1) is 0 Å². The smallest absolute Gasteiger partial charge is 0.168 e. The van der Waals surface area contributed by atoms with Crippen molar-refractivity contribution in [1.29, 1.82) is 0 Å². The molecule has 0 radical (unpaired) electrons. The quantitative estimate of drug-likeness (QED) is 0.778. The molecule has 0 atom stereocenters. The molecule has 2 aromatic rings. The lowest BCUT2D eigenvalue weighted by molar-refractivity contribution is 0.100. The third kappa shape index (κ3) is 3.40. The van der Waals surface area contributed by atoms with Crippen molar-refractivity contribution in [2.45, 2.75) is 19.3 Å². The van der Waals surface area contributed by atoms with E-state index >= 15 is 0 Å². The van der Waals surface area contributed by atoms with Crippen LogP contribution in [0.4, 0.5) is 0 Å². The van der Waals surface area contributed by atoms with E-state index in [4.69, 9.17) is 21.1 Å². The minimum atomic E-state index is 0.0374. The van der Waals surface area contributed by atoms with Gasteiger partial charge < -0.3 is 9.47 Å². The maximum atomic E-state index is 12.6. The van der Waals surface area contributed by atoms with Crippen molar-refractivity contribution in [2.75, 3.05) is 19.8 Å². The molecule has 4 nitrogen and oxygen atoms in total. The maximum absolute atomic E-state index is 12.6. The molecule has 2 aromatic carbocycles. The highest BCUT2D eigenvalue weighted by Crippen LogP contribution is 2.35. The normalized spacial score (nSPS) is 15.8. The van der Waals surface area contributed by atoms with E-state index in [9.17, 15) is 4.79 Å². The number of ketones is 1. The van der Waals surface area contributed by atoms with E-state index in [0.717, 1.165) is 41.2 Å². The minimum absolute atomic E-state index is 0.0374. The predicted octanol–water partition coefficient (Wildman–Crippen LogP) is 4.12. The molecule has 0 saturated heterocycles. The van der Waals surface area contributed by atoms with Gasteiger partial charge in [-0.05, 0) is 48.4 Å². The van der Waals surface area contributed by atoms with Crippen LogP contribution in [0.25, 0.3) is 0 Å². The van der Waals surface area contributed by atoms with Gasteiger partial charge in [-0.25, -0.2) is 0 Å². The second-order valence-corrected chi connectivity index (χ2v) is 6.63. The molecule has 0 unspecified atom stereocenters. The van der Waals surface area contributed by atoms with E-state index in [0.29, 0.717) is 30.3 Å². The largest absolute Gasteiger partial charge is 0.490 e. The Hall–Kier alpha value is -2.33. The van der Waals surface area contributed by atoms with Crippen LogP contribution in [0.5, 0.6) is 11.5 Å². The Morgan fingerprint density at radius 3 is 2.56 bits per heavy atom. The summed E-state index contributed by atoms with van der Waals surface area (Å²) in [7, 11) is 0. The van der Waals surface area contributed by atoms with E-state index in [-0.39, 0.29) is 12.2 Å². The number of hydrogen-bond acceptors (Lipinski definition) is 4. The van der Waals surface area contributed by atoms with Gasteiger partial charge in [0.05, 0.1) is 25.3 Å². The molecular formula is C20H18ClNO3. The van der Waals surface area contributed by atoms with Gasteiger partial charge in [0.2, 0.25) is 0 Å². The van der Waals surface area contributed by atoms with Gasteiger partial charge in [0.25, 0.3) is 0 Å². The summed E-state index contributed by atoms with van der Waals surface area (Å²) >= 11 is 5.90. The molecule has 2 aliphatic heterocycles. The topological polar surface area (TPSA) is 47.9 Å². The van der Waals surface area contributed by atoms with Crippen LogP contribution in [-0.2, 0) is 6.42 Å². The van der Waals surface area contributed by atoms with Gasteiger partial charge in [0.15, 0.2) is 17.3 Å². The van der Waals surface area contributed by atoms with Crippen LogP contribution in [0, 0.1) is 0 Å². The second kappa shape index (κ2) is 6.89. The summed E-state index contributed by atoms with van der Waals surface area (Å²) in [6, 6.07) is 11.0. The monoisotopic (exact) mass is 355 g/mol. The summed E-state index contributed by atoms with van der Waals surface area (Å²) in [6.45, 7) is 2.00. The Kier molecular flexibility index (Phi) is 4.45. The summed E-state index contributed by atoms with van der Waals surface area (Å²) in [5.41, 5.74) is 3.63. The number of ether oxygens (including phenoxy) is 2. The number of benzene rings is 2. The number of aliphatic imine (C=N–C) groups is 1. The number of rotatable bonds is 3. The highest BCUT2D eigenvalue weighted by molar-refractivity contribution is 6.30. The number of carbonyl (C=O) groups excluding carboxylic acids is 1. The summed E-state index contributed by atoms with van der Waals surface area (Å²) < 4.78 is 11.6. The summed E-state index contributed by atoms with van der Waals surface area (Å²) in [4.78, 5) is 17.2. The van der Waals surface area contributed by atoms with E-state index < -0.39 is 0 Å². The molecule has 128 valence electrons. The van der Waals surface area contributed by atoms with Crippen molar-refractivity contribution in [2.24, 2.45) is 4.99 Å². The molecule has 5 heteroatoms. The summed E-state index contributed by atoms with van der Waals surface area (Å²) in [5, 5.41) is 0.622. The van der Waals surface area contributed by atoms with Crippen LogP contribution in [-0.4, -0.2) is 31.3 Å². The van der Waals surface area contributed by atoms with Gasteiger partial charge in [-0.2, -0.15) is 0 Å². The number of Topliss-reactive ketones (excluding diaryl/α,β-unsaturated/α-hetero) is 1. The number of halogens is 1. The Morgan fingerprint density at radius 1 is 1.08 bits per heavy atom. The van der Waals surface area contributed by atoms with Crippen LogP contribution in [0.3, 0.4) is 0 Å². The molecule has 0 aromatic heterocycles. The molecule has 2 aliphatic rings. The zero-order valence-corrected chi connectivity index (χ0v) is 14.5. The fourth-order valence-electron chi connectivity index (χ4n) is 3.16. The molecule has 25 heavy (non-hydrogen) atoms. The van der Waals surface area contributed by atoms with Crippen molar-refractivity contribution < 1.29 is 14.3 Å². The number of hydrogen-bond donors (Lipinski definition) is 0. The lowest BCUT2D eigenvalue weighted by Crippen LogP contribution is -2.17. The lowest BCUT2D eigenvalue weighted by Gasteiger charge is -2.19. The Labute approximate surface area is 151 Å². The van der Waals surface area contributed by atoms with Crippen molar-refractivity contribution >= 4 is 23.1 Å². The third-order valence-electron chi connectivity index (χ3n) is 4.46. The van der Waals surface area contributed by atoms with Gasteiger partial charge >= 0.3 is 0 Å². The fraction of sp³-hybridized carbons (Fsp3) is 0.300. The Balaban J connectivity index is 1.62. The van der Waals surface area contributed by atoms with E-state index in [1.54, 1.807) is 24.3 Å². The number of fused-ring (bicyclic) bond motifs is 2. The van der Waals surface area contributed by atoms with Gasteiger partial charge in [0.1, 0.15) is 0 Å². The van der Waals surface area contributed by atoms with Crippen molar-refractivity contribution in [3.63, 3.8) is 0 Å². The van der Waals surface area contributed by atoms with Gasteiger partial charge in [0, 0.05) is 29.1 Å². The first-order valence-corrected chi connectivity index (χ1v) is 8.83. The molecule has 0 bridgehead atoms. The molecule has 0 N–H and O–H groups in total. The third-order valence-corrected chi connectivity index (χ3v) is 4.71. The zero-order valence-electron chi connectivity index (χ0n) is 13.8. The number of carbonyl (C=O) groups is 1. The average molecular weight is 356 g/mol. The predicted molar refractivity (Wildman–Crippen MR) is 97.6 cm³/mol. The second-order valence-electron chi connectivity index (χ2n) is 6.19. The van der Waals surface area contributed by atoms with Crippen LogP contribution in [0.15, 0.2) is 41.4 Å². The maximum Gasteiger partial charge on any atom is 0.168 e. The molecular weight excluding hydrogens is 338 g/mol. The van der Waals surface area contributed by atoms with Crippen LogP contribution < -0.4 is 9.47 Å². The highest BCUT2D eigenvalue weighted by atomic mass is 35.5. The molecule has 2 heterocycles. The van der Waals surface area contributed by atoms with Crippen molar-refractivity contribution in [3.05, 3.63) is 58.1 Å². The van der Waals surface area contributed by atoms with Gasteiger partial charge in [-0.1, -0.05) is 11.6 Å². The van der Waals surface area contributed by atoms with Crippen LogP contribution in [0.1, 0.15) is 34.3 Å². The fourth-order valence-corrected chi connectivity index (χ4v) is 3.29. The zero-order chi connectivity index (χ0) is 17.2. The molecule has 0 saturated carbocycles. The highest BCUT2D eigenvalue weighted by Gasteiger charge is 2.22. The van der Waals surface area contributed by atoms with Gasteiger partial charge in [-0.3, -0.25) is 9.79 Å². The number of nitrogens with zero attached hydrogens (tertiary/aromatic N) is 1. The molecule has 0 fully saturated rings. The Bertz CT molecular complexity index is 843. The standard InChI is InChI=1S/C20H18ClNO3/c21-15-4-2-13(3-5-15)18(23)12-17-16-11-20-19(24-8-1-9-25-20)10-14(16)6-7-22-17/h2-5,10-11H,1,6-9,12H2. The lowest BCUT2D eigenvalue weighted by atomic mass is 9.93. The first-order chi connectivity index (χ1) is 12.2. The first kappa shape index (κ1) is 16.2. The van der Waals surface area contributed by atoms with Crippen molar-refractivity contribution in [1.82, 2.24) is 0 Å². The summed E-state index contributed by atoms with van der Waals surface area (Å²) in [6.07, 6.45) is 1.99. The van der Waals surface area contributed by atoms with Crippen LogP contribution >= 0.6 is 11.6 Å². The van der Waals surface area contributed by atoms with E-state index in [2.05, 4.69) is 4.99 Å². The summed E-state index contributed by atoms with van der Waals surface area (Å²) in [5.74, 6) is 1.57. The Morgan fingerprint density at radius 2 is 1.80 bits per heavy atom. The van der Waals surface area contributed by atoms with E-state index in [1.165, 1.54) is 0 Å².